The number of non-ortho nitro benzene ring substituents is 1. The highest BCUT2D eigenvalue weighted by atomic mass is 16.9. The van der Waals surface area contributed by atoms with Crippen LogP contribution in [-0.4, -0.2) is 47.2 Å². The first-order valence-electron chi connectivity index (χ1n) is 6.99. The fourth-order valence-electron chi connectivity index (χ4n) is 1.56. The second kappa shape index (κ2) is 10.4. The molecular formula is C13H15N3O9. The number of nitro groups is 1. The van der Waals surface area contributed by atoms with Gasteiger partial charge in [-0.2, -0.15) is 5.06 Å². The quantitative estimate of drug-likeness (QED) is 0.174. The van der Waals surface area contributed by atoms with Gasteiger partial charge in [-0.15, -0.1) is 10.1 Å². The molecule has 1 rings (SSSR count). The summed E-state index contributed by atoms with van der Waals surface area (Å²) < 4.78 is 4.84. The molecule has 0 bridgehead atoms. The summed E-state index contributed by atoms with van der Waals surface area (Å²) in [5.41, 5.74) is -0.148. The van der Waals surface area contributed by atoms with Gasteiger partial charge in [-0.05, 0) is 25.0 Å². The van der Waals surface area contributed by atoms with Gasteiger partial charge in [0.25, 0.3) is 10.8 Å². The molecule has 0 atom stereocenters. The third-order valence-corrected chi connectivity index (χ3v) is 2.67. The molecule has 25 heavy (non-hydrogen) atoms. The van der Waals surface area contributed by atoms with Crippen molar-refractivity contribution in [3.05, 3.63) is 44.5 Å². The predicted octanol–water partition coefficient (Wildman–Crippen LogP) is 0.879. The lowest BCUT2D eigenvalue weighted by atomic mass is 10.3. The predicted molar refractivity (Wildman–Crippen MR) is 79.6 cm³/mol. The minimum absolute atomic E-state index is 0.00410. The molecule has 0 radical (unpaired) electrons. The van der Waals surface area contributed by atoms with Gasteiger partial charge in [0.15, 0.2) is 12.3 Å². The van der Waals surface area contributed by atoms with Gasteiger partial charge in [0.05, 0.1) is 18.1 Å². The summed E-state index contributed by atoms with van der Waals surface area (Å²) in [6.45, 7) is -0.593. The topological polar surface area (TPSA) is 151 Å². The van der Waals surface area contributed by atoms with Crippen LogP contribution in [-0.2, 0) is 19.2 Å². The summed E-state index contributed by atoms with van der Waals surface area (Å²) in [5.74, 6) is -0.619. The molecule has 0 saturated carbocycles. The van der Waals surface area contributed by atoms with Crippen LogP contribution in [0.4, 0.5) is 5.69 Å². The normalized spacial score (nSPS) is 9.76. The Balaban J connectivity index is 2.32. The molecule has 0 heterocycles. The van der Waals surface area contributed by atoms with Crippen LogP contribution >= 0.6 is 0 Å². The van der Waals surface area contributed by atoms with E-state index in [0.717, 1.165) is 0 Å². The summed E-state index contributed by atoms with van der Waals surface area (Å²) in [7, 11) is 0. The molecule has 136 valence electrons. The van der Waals surface area contributed by atoms with Crippen molar-refractivity contribution in [3.8, 4) is 5.75 Å². The van der Waals surface area contributed by atoms with E-state index in [1.807, 2.05) is 0 Å². The van der Waals surface area contributed by atoms with Crippen LogP contribution in [0.15, 0.2) is 24.3 Å². The highest BCUT2D eigenvalue weighted by Crippen LogP contribution is 2.17. The molecule has 0 saturated heterocycles. The smallest absolute Gasteiger partial charge is 0.329 e. The third kappa shape index (κ3) is 8.11. The Kier molecular flexibility index (Phi) is 8.12. The molecule has 0 N–H and O–H groups in total. The van der Waals surface area contributed by atoms with Gasteiger partial charge in [0, 0.05) is 12.1 Å². The van der Waals surface area contributed by atoms with Crippen molar-refractivity contribution in [1.82, 2.24) is 5.06 Å². The van der Waals surface area contributed by atoms with Crippen molar-refractivity contribution < 1.29 is 34.0 Å². The van der Waals surface area contributed by atoms with Crippen LogP contribution in [0, 0.1) is 20.2 Å². The lowest BCUT2D eigenvalue weighted by Crippen LogP contribution is -2.33. The van der Waals surface area contributed by atoms with E-state index in [0.29, 0.717) is 17.9 Å². The average Bonchev–Trinajstić information content (AvgIpc) is 2.57. The number of ether oxygens (including phenoxy) is 1. The van der Waals surface area contributed by atoms with E-state index < -0.39 is 22.5 Å². The van der Waals surface area contributed by atoms with Gasteiger partial charge >= 0.3 is 5.97 Å². The van der Waals surface area contributed by atoms with Crippen LogP contribution in [0.5, 0.6) is 5.75 Å². The zero-order valence-electron chi connectivity index (χ0n) is 12.9. The van der Waals surface area contributed by atoms with Crippen molar-refractivity contribution in [2.45, 2.75) is 12.8 Å². The minimum Gasteiger partial charge on any atom is -0.464 e. The monoisotopic (exact) mass is 357 g/mol. The van der Waals surface area contributed by atoms with Crippen LogP contribution < -0.4 is 4.84 Å². The molecule has 0 spiro atoms. The van der Waals surface area contributed by atoms with Crippen LogP contribution in [0.2, 0.25) is 0 Å². The maximum absolute atomic E-state index is 11.6. The molecule has 0 aliphatic heterocycles. The Bertz CT molecular complexity index is 605. The molecule has 0 fully saturated rings. The van der Waals surface area contributed by atoms with E-state index in [1.165, 1.54) is 24.3 Å². The Labute approximate surface area is 141 Å². The Morgan fingerprint density at radius 2 is 1.76 bits per heavy atom. The average molecular weight is 357 g/mol. The van der Waals surface area contributed by atoms with Crippen molar-refractivity contribution in [3.63, 3.8) is 0 Å². The molecule has 1 aromatic carbocycles. The molecule has 12 nitrogen and oxygen atoms in total. The summed E-state index contributed by atoms with van der Waals surface area (Å²) in [6, 6.07) is 4.91. The molecule has 0 aliphatic carbocycles. The third-order valence-electron chi connectivity index (χ3n) is 2.67. The fourth-order valence-corrected chi connectivity index (χ4v) is 1.56. The highest BCUT2D eigenvalue weighted by molar-refractivity contribution is 5.73. The van der Waals surface area contributed by atoms with Gasteiger partial charge in [-0.3, -0.25) is 14.9 Å². The maximum Gasteiger partial charge on any atom is 0.329 e. The molecule has 1 aromatic rings. The highest BCUT2D eigenvalue weighted by Gasteiger charge is 2.13. The number of amides is 1. The summed E-state index contributed by atoms with van der Waals surface area (Å²) in [4.78, 5) is 51.5. The zero-order valence-corrected chi connectivity index (χ0v) is 12.9. The maximum atomic E-state index is 11.6. The van der Waals surface area contributed by atoms with E-state index in [4.69, 9.17) is 9.57 Å². The first-order chi connectivity index (χ1) is 11.9. The van der Waals surface area contributed by atoms with Crippen LogP contribution in [0.25, 0.3) is 0 Å². The summed E-state index contributed by atoms with van der Waals surface area (Å²) >= 11 is 0. The molecular weight excluding hydrogens is 342 g/mol. The van der Waals surface area contributed by atoms with Gasteiger partial charge in [-0.1, -0.05) is 0 Å². The molecule has 0 unspecified atom stereocenters. The summed E-state index contributed by atoms with van der Waals surface area (Å²) in [5, 5.41) is 20.2. The number of nitrogens with zero attached hydrogens (tertiary/aromatic N) is 3. The molecule has 0 aromatic heterocycles. The number of hydrogen-bond acceptors (Lipinski definition) is 9. The number of esters is 1. The zero-order chi connectivity index (χ0) is 18.7. The van der Waals surface area contributed by atoms with E-state index in [9.17, 15) is 29.8 Å². The minimum atomic E-state index is -0.913. The number of carbonyl (C=O) groups excluding carboxylic acids is 2. The Hall–Kier alpha value is -3.44. The standard InChI is InChI=1S/C13H15N3O9/c17-10-14(25-12-5-3-11(4-6-12)15(19)20)9-13(18)23-7-1-2-8-24-16(21)22/h3-6,10H,1-2,7-9H2. The number of hydrogen-bond donors (Lipinski definition) is 0. The van der Waals surface area contributed by atoms with E-state index in [1.54, 1.807) is 0 Å². The van der Waals surface area contributed by atoms with Crippen LogP contribution in [0.3, 0.4) is 0 Å². The second-order valence-corrected chi connectivity index (χ2v) is 4.51. The van der Waals surface area contributed by atoms with Crippen LogP contribution in [0.1, 0.15) is 12.8 Å². The molecule has 12 heteroatoms. The first-order valence-corrected chi connectivity index (χ1v) is 6.99. The molecule has 0 aliphatic rings. The SMILES string of the molecule is O=CN(CC(=O)OCCCCO[N+](=O)[O-])Oc1ccc([N+](=O)[O-])cc1. The van der Waals surface area contributed by atoms with Crippen molar-refractivity contribution in [1.29, 1.82) is 0 Å². The lowest BCUT2D eigenvalue weighted by molar-refractivity contribution is -0.757. The Morgan fingerprint density at radius 3 is 2.32 bits per heavy atom. The number of rotatable bonds is 12. The largest absolute Gasteiger partial charge is 0.464 e. The molecule has 1 amide bonds. The Morgan fingerprint density at radius 1 is 1.12 bits per heavy atom. The number of unbranched alkanes of at least 4 members (excludes halogenated alkanes) is 1. The van der Waals surface area contributed by atoms with E-state index >= 15 is 0 Å². The van der Waals surface area contributed by atoms with E-state index in [2.05, 4.69) is 4.84 Å². The van der Waals surface area contributed by atoms with Crippen molar-refractivity contribution in [2.24, 2.45) is 0 Å². The number of benzene rings is 1. The first kappa shape index (κ1) is 19.6. The van der Waals surface area contributed by atoms with E-state index in [-0.39, 0.29) is 31.1 Å². The van der Waals surface area contributed by atoms with Crippen molar-refractivity contribution in [2.75, 3.05) is 19.8 Å². The second-order valence-electron chi connectivity index (χ2n) is 4.51. The van der Waals surface area contributed by atoms with Gasteiger partial charge < -0.3 is 14.4 Å². The number of carbonyl (C=O) groups is 2. The van der Waals surface area contributed by atoms with Crippen molar-refractivity contribution >= 4 is 18.1 Å². The van der Waals surface area contributed by atoms with Gasteiger partial charge in [0.1, 0.15) is 0 Å². The van der Waals surface area contributed by atoms with Gasteiger partial charge in [-0.25, -0.2) is 4.79 Å². The number of nitro benzene ring substituents is 1. The lowest BCUT2D eigenvalue weighted by Gasteiger charge is -2.16. The number of hydroxylamine groups is 2. The fraction of sp³-hybridized carbons (Fsp3) is 0.385. The van der Waals surface area contributed by atoms with Gasteiger partial charge in [0.2, 0.25) is 6.41 Å². The summed E-state index contributed by atoms with van der Waals surface area (Å²) in [6.07, 6.45) is 0.933.